The molecule has 0 fully saturated rings. The molecule has 0 radical (unpaired) electrons. The minimum Gasteiger partial charge on any atom is -0.494 e. The van der Waals surface area contributed by atoms with Crippen LogP contribution in [0.15, 0.2) is 103 Å². The van der Waals surface area contributed by atoms with E-state index in [4.69, 9.17) is 22.1 Å². The van der Waals surface area contributed by atoms with Crippen LogP contribution in [0.3, 0.4) is 0 Å². The Balaban J connectivity index is 1.60. The molecule has 4 aromatic rings. The number of carbonyl (C=O) groups is 3. The number of ether oxygens (including phenoxy) is 1. The first-order valence-corrected chi connectivity index (χ1v) is 14.9. The lowest BCUT2D eigenvalue weighted by Crippen LogP contribution is -2.54. The first-order valence-electron chi connectivity index (χ1n) is 14.6. The Morgan fingerprint density at radius 1 is 0.818 bits per heavy atom. The SMILES string of the molecule is CCOc1ccc(C[C@@H](NC(=O)c2ccccc2Cl)C(=O)N(CCc2ccccc2)C(=O)NCc2ccc(CN)cc2)cc1. The molecule has 1 atom stereocenters. The summed E-state index contributed by atoms with van der Waals surface area (Å²) >= 11 is 6.30. The highest BCUT2D eigenvalue weighted by atomic mass is 35.5. The van der Waals surface area contributed by atoms with Crippen molar-refractivity contribution in [2.24, 2.45) is 5.73 Å². The van der Waals surface area contributed by atoms with Gasteiger partial charge in [0, 0.05) is 26.1 Å². The van der Waals surface area contributed by atoms with Crippen molar-refractivity contribution >= 4 is 29.4 Å². The van der Waals surface area contributed by atoms with E-state index in [0.717, 1.165) is 22.3 Å². The van der Waals surface area contributed by atoms with E-state index in [1.54, 1.807) is 24.3 Å². The monoisotopic (exact) mass is 612 g/mol. The molecule has 0 spiro atoms. The second kappa shape index (κ2) is 16.3. The smallest absolute Gasteiger partial charge is 0.324 e. The number of nitrogens with one attached hydrogen (secondary N) is 2. The molecule has 0 aliphatic carbocycles. The van der Waals surface area contributed by atoms with Gasteiger partial charge in [-0.3, -0.25) is 14.5 Å². The molecule has 0 bridgehead atoms. The van der Waals surface area contributed by atoms with Gasteiger partial charge in [0.25, 0.3) is 11.8 Å². The van der Waals surface area contributed by atoms with Crippen molar-refractivity contribution in [2.75, 3.05) is 13.2 Å². The average molecular weight is 613 g/mol. The number of nitrogens with zero attached hydrogens (tertiary/aromatic N) is 1. The van der Waals surface area contributed by atoms with Crippen molar-refractivity contribution < 1.29 is 19.1 Å². The van der Waals surface area contributed by atoms with E-state index < -0.39 is 23.9 Å². The number of hydrogen-bond acceptors (Lipinski definition) is 5. The van der Waals surface area contributed by atoms with Gasteiger partial charge in [-0.05, 0) is 59.9 Å². The Bertz CT molecular complexity index is 1530. The number of hydrogen-bond donors (Lipinski definition) is 3. The number of amides is 4. The van der Waals surface area contributed by atoms with Gasteiger partial charge in [-0.2, -0.15) is 0 Å². The Kier molecular flexibility index (Phi) is 11.9. The van der Waals surface area contributed by atoms with Gasteiger partial charge in [-0.25, -0.2) is 4.79 Å². The van der Waals surface area contributed by atoms with Crippen LogP contribution >= 0.6 is 11.6 Å². The molecule has 0 heterocycles. The minimum absolute atomic E-state index is 0.114. The summed E-state index contributed by atoms with van der Waals surface area (Å²) < 4.78 is 5.55. The molecule has 228 valence electrons. The van der Waals surface area contributed by atoms with Crippen LogP contribution in [0.4, 0.5) is 4.79 Å². The zero-order valence-corrected chi connectivity index (χ0v) is 25.4. The summed E-state index contributed by atoms with van der Waals surface area (Å²) in [5.74, 6) is -0.350. The molecular weight excluding hydrogens is 576 g/mol. The average Bonchev–Trinajstić information content (AvgIpc) is 3.05. The first-order chi connectivity index (χ1) is 21.4. The van der Waals surface area contributed by atoms with Crippen LogP contribution < -0.4 is 21.1 Å². The number of urea groups is 1. The number of carbonyl (C=O) groups excluding carboxylic acids is 3. The van der Waals surface area contributed by atoms with Gasteiger partial charge in [0.2, 0.25) is 0 Å². The molecule has 8 nitrogen and oxygen atoms in total. The van der Waals surface area contributed by atoms with E-state index in [-0.39, 0.29) is 30.1 Å². The fourth-order valence-corrected chi connectivity index (χ4v) is 4.88. The number of nitrogens with two attached hydrogens (primary N) is 1. The first kappa shape index (κ1) is 32.3. The topological polar surface area (TPSA) is 114 Å². The summed E-state index contributed by atoms with van der Waals surface area (Å²) in [5.41, 5.74) is 9.54. The standard InChI is InChI=1S/C35H37ClN4O4/c1-2-44-29-18-16-26(17-19-29)22-32(39-33(41)30-10-6-7-11-31(30)36)34(42)40(21-20-25-8-4-3-5-9-25)35(43)38-24-28-14-12-27(23-37)13-15-28/h3-19,32H,2,20-24,37H2,1H3,(H,38,43)(H,39,41)/t32-/m1/s1. The number of imide groups is 1. The van der Waals surface area contributed by atoms with Gasteiger partial charge in [0.1, 0.15) is 11.8 Å². The predicted molar refractivity (Wildman–Crippen MR) is 172 cm³/mol. The van der Waals surface area contributed by atoms with Gasteiger partial charge in [-0.1, -0.05) is 90.5 Å². The second-order valence-electron chi connectivity index (χ2n) is 10.2. The highest BCUT2D eigenvalue weighted by molar-refractivity contribution is 6.33. The maximum Gasteiger partial charge on any atom is 0.324 e. The van der Waals surface area contributed by atoms with Gasteiger partial charge >= 0.3 is 6.03 Å². The van der Waals surface area contributed by atoms with Gasteiger partial charge < -0.3 is 21.1 Å². The molecule has 44 heavy (non-hydrogen) atoms. The van der Waals surface area contributed by atoms with Crippen LogP contribution in [0.25, 0.3) is 0 Å². The van der Waals surface area contributed by atoms with Crippen molar-refractivity contribution in [1.82, 2.24) is 15.5 Å². The largest absolute Gasteiger partial charge is 0.494 e. The summed E-state index contributed by atoms with van der Waals surface area (Å²) in [6, 6.07) is 29.5. The normalized spacial score (nSPS) is 11.3. The molecule has 4 rings (SSSR count). The van der Waals surface area contributed by atoms with E-state index >= 15 is 0 Å². The van der Waals surface area contributed by atoms with Crippen molar-refractivity contribution in [3.8, 4) is 5.75 Å². The zero-order chi connectivity index (χ0) is 31.3. The summed E-state index contributed by atoms with van der Waals surface area (Å²) in [6.45, 7) is 3.18. The molecule has 0 saturated heterocycles. The Labute approximate surface area is 263 Å². The molecule has 4 aromatic carbocycles. The lowest BCUT2D eigenvalue weighted by Gasteiger charge is -2.27. The fourth-order valence-electron chi connectivity index (χ4n) is 4.66. The van der Waals surface area contributed by atoms with Crippen LogP contribution in [-0.2, 0) is 30.7 Å². The summed E-state index contributed by atoms with van der Waals surface area (Å²) in [6.07, 6.45) is 0.594. The van der Waals surface area contributed by atoms with Crippen molar-refractivity contribution in [2.45, 2.75) is 38.9 Å². The molecule has 4 amide bonds. The zero-order valence-electron chi connectivity index (χ0n) is 24.7. The van der Waals surface area contributed by atoms with E-state index in [9.17, 15) is 14.4 Å². The van der Waals surface area contributed by atoms with E-state index in [1.807, 2.05) is 85.8 Å². The second-order valence-corrected chi connectivity index (χ2v) is 10.6. The van der Waals surface area contributed by atoms with E-state index in [1.165, 1.54) is 4.90 Å². The van der Waals surface area contributed by atoms with Crippen LogP contribution in [-0.4, -0.2) is 41.9 Å². The van der Waals surface area contributed by atoms with Gasteiger partial charge in [-0.15, -0.1) is 0 Å². The molecule has 0 unspecified atom stereocenters. The Morgan fingerprint density at radius 2 is 1.45 bits per heavy atom. The molecule has 0 aliphatic heterocycles. The van der Waals surface area contributed by atoms with Crippen LogP contribution in [0, 0.1) is 0 Å². The minimum atomic E-state index is -1.05. The third-order valence-corrected chi connectivity index (χ3v) is 7.41. The Hall–Kier alpha value is -4.66. The molecule has 0 aromatic heterocycles. The molecule has 9 heteroatoms. The van der Waals surface area contributed by atoms with E-state index in [2.05, 4.69) is 10.6 Å². The van der Waals surface area contributed by atoms with Crippen LogP contribution in [0.2, 0.25) is 5.02 Å². The number of rotatable bonds is 13. The van der Waals surface area contributed by atoms with E-state index in [0.29, 0.717) is 25.3 Å². The van der Waals surface area contributed by atoms with Crippen molar-refractivity contribution in [1.29, 1.82) is 0 Å². The molecule has 0 aliphatic rings. The molecular formula is C35H37ClN4O4. The van der Waals surface area contributed by atoms with Gasteiger partial charge in [0.05, 0.1) is 17.2 Å². The Morgan fingerprint density at radius 3 is 2.11 bits per heavy atom. The maximum atomic E-state index is 14.2. The summed E-state index contributed by atoms with van der Waals surface area (Å²) in [7, 11) is 0. The van der Waals surface area contributed by atoms with Gasteiger partial charge in [0.15, 0.2) is 0 Å². The third-order valence-electron chi connectivity index (χ3n) is 7.08. The lowest BCUT2D eigenvalue weighted by atomic mass is 10.0. The van der Waals surface area contributed by atoms with Crippen molar-refractivity contribution in [3.05, 3.63) is 136 Å². The predicted octanol–water partition coefficient (Wildman–Crippen LogP) is 5.52. The number of halogens is 1. The third kappa shape index (κ3) is 9.17. The fraction of sp³-hybridized carbons (Fsp3) is 0.229. The molecule has 0 saturated carbocycles. The maximum absolute atomic E-state index is 14.2. The molecule has 4 N–H and O–H groups in total. The van der Waals surface area contributed by atoms with Crippen molar-refractivity contribution in [3.63, 3.8) is 0 Å². The quantitative estimate of drug-likeness (QED) is 0.184. The van der Waals surface area contributed by atoms with Crippen LogP contribution in [0.5, 0.6) is 5.75 Å². The highest BCUT2D eigenvalue weighted by Crippen LogP contribution is 2.18. The summed E-state index contributed by atoms with van der Waals surface area (Å²) in [5, 5.41) is 5.98. The summed E-state index contributed by atoms with van der Waals surface area (Å²) in [4.78, 5) is 42.3. The highest BCUT2D eigenvalue weighted by Gasteiger charge is 2.31. The van der Waals surface area contributed by atoms with Crippen LogP contribution in [0.1, 0.15) is 39.5 Å². The number of benzene rings is 4. The lowest BCUT2D eigenvalue weighted by molar-refractivity contribution is -0.130.